The molecular formula is C21H24Cl2N4O. The second-order valence-corrected chi connectivity index (χ2v) is 8.58. The lowest BCUT2D eigenvalue weighted by molar-refractivity contribution is -0.135. The van der Waals surface area contributed by atoms with Gasteiger partial charge >= 0.3 is 0 Å². The lowest BCUT2D eigenvalue weighted by atomic mass is 9.86. The predicted octanol–water partition coefficient (Wildman–Crippen LogP) is 5.29. The zero-order valence-electron chi connectivity index (χ0n) is 16.1. The van der Waals surface area contributed by atoms with Gasteiger partial charge < -0.3 is 4.90 Å². The summed E-state index contributed by atoms with van der Waals surface area (Å²) in [5.74, 6) is 0.234. The van der Waals surface area contributed by atoms with Gasteiger partial charge in [0.15, 0.2) is 5.82 Å². The number of hydrogen-bond donors (Lipinski definition) is 0. The van der Waals surface area contributed by atoms with E-state index in [0.29, 0.717) is 15.9 Å². The van der Waals surface area contributed by atoms with E-state index in [-0.39, 0.29) is 18.0 Å². The minimum atomic E-state index is -0.436. The Morgan fingerprint density at radius 2 is 1.96 bits per heavy atom. The molecule has 0 radical (unpaired) electrons. The molecule has 1 aliphatic carbocycles. The fourth-order valence-electron chi connectivity index (χ4n) is 4.45. The van der Waals surface area contributed by atoms with Gasteiger partial charge in [-0.2, -0.15) is 5.10 Å². The van der Waals surface area contributed by atoms with Gasteiger partial charge in [-0.25, -0.2) is 9.67 Å². The quantitative estimate of drug-likeness (QED) is 0.679. The van der Waals surface area contributed by atoms with Crippen molar-refractivity contribution in [2.45, 2.75) is 51.1 Å². The van der Waals surface area contributed by atoms with Crippen LogP contribution in [0.5, 0.6) is 0 Å². The van der Waals surface area contributed by atoms with Crippen molar-refractivity contribution in [3.05, 3.63) is 46.1 Å². The van der Waals surface area contributed by atoms with Gasteiger partial charge in [0.25, 0.3) is 0 Å². The Morgan fingerprint density at radius 1 is 1.21 bits per heavy atom. The van der Waals surface area contributed by atoms with Crippen molar-refractivity contribution in [3.8, 4) is 0 Å². The van der Waals surface area contributed by atoms with E-state index < -0.39 is 5.92 Å². The monoisotopic (exact) mass is 418 g/mol. The highest BCUT2D eigenvalue weighted by Gasteiger charge is 2.41. The van der Waals surface area contributed by atoms with Crippen LogP contribution in [0.2, 0.25) is 10.0 Å². The number of aliphatic imine (C=N–C) groups is 1. The highest BCUT2D eigenvalue weighted by Crippen LogP contribution is 2.41. The van der Waals surface area contributed by atoms with Gasteiger partial charge in [-0.1, -0.05) is 54.6 Å². The van der Waals surface area contributed by atoms with E-state index in [0.717, 1.165) is 24.1 Å². The van der Waals surface area contributed by atoms with E-state index in [1.54, 1.807) is 10.9 Å². The number of rotatable bonds is 3. The maximum atomic E-state index is 13.6. The van der Waals surface area contributed by atoms with Gasteiger partial charge in [-0.3, -0.25) is 4.79 Å². The largest absolute Gasteiger partial charge is 0.342 e. The topological polar surface area (TPSA) is 50.5 Å². The summed E-state index contributed by atoms with van der Waals surface area (Å²) in [4.78, 5) is 20.2. The molecule has 1 amide bonds. The average Bonchev–Trinajstić information content (AvgIpc) is 3.07. The van der Waals surface area contributed by atoms with Crippen LogP contribution in [0.15, 0.2) is 35.5 Å². The smallest absolute Gasteiger partial charge is 0.233 e. The maximum absolute atomic E-state index is 13.6. The third-order valence-corrected chi connectivity index (χ3v) is 6.47. The Labute approximate surface area is 175 Å². The standard InChI is InChI=1S/C21H24Cl2N4O/c1-13-18(21(28)26(2)16-9-4-3-5-10-16)19(14-7-6-8-15(22)11-14)27-20(25-13)17(23)12-24-27/h6-8,11-12,16,18-19H,3-5,9-10H2,1-2H3. The average molecular weight is 419 g/mol. The second-order valence-electron chi connectivity index (χ2n) is 7.73. The summed E-state index contributed by atoms with van der Waals surface area (Å²) >= 11 is 12.6. The Kier molecular flexibility index (Phi) is 5.48. The summed E-state index contributed by atoms with van der Waals surface area (Å²) in [5.41, 5.74) is 1.69. The highest BCUT2D eigenvalue weighted by atomic mass is 35.5. The number of halogens is 2. The molecule has 5 nitrogen and oxygen atoms in total. The highest BCUT2D eigenvalue weighted by molar-refractivity contribution is 6.33. The number of carbonyl (C=O) groups excluding carboxylic acids is 1. The van der Waals surface area contributed by atoms with Crippen LogP contribution in [-0.2, 0) is 4.79 Å². The predicted molar refractivity (Wildman–Crippen MR) is 113 cm³/mol. The summed E-state index contributed by atoms with van der Waals surface area (Å²) in [5, 5.41) is 5.56. The van der Waals surface area contributed by atoms with E-state index in [9.17, 15) is 4.79 Å². The Bertz CT molecular complexity index is 917. The molecule has 4 rings (SSSR count). The first-order chi connectivity index (χ1) is 13.5. The van der Waals surface area contributed by atoms with Gasteiger partial charge in [-0.05, 0) is 37.5 Å². The van der Waals surface area contributed by atoms with Gasteiger partial charge in [0.05, 0.1) is 12.2 Å². The van der Waals surface area contributed by atoms with Gasteiger partial charge in [0, 0.05) is 23.8 Å². The van der Waals surface area contributed by atoms with Crippen LogP contribution < -0.4 is 0 Å². The number of nitrogens with zero attached hydrogens (tertiary/aromatic N) is 4. The van der Waals surface area contributed by atoms with Crippen LogP contribution in [0.25, 0.3) is 0 Å². The van der Waals surface area contributed by atoms with E-state index >= 15 is 0 Å². The molecule has 0 saturated heterocycles. The first-order valence-electron chi connectivity index (χ1n) is 9.77. The molecule has 2 unspecified atom stereocenters. The van der Waals surface area contributed by atoms with Crippen molar-refractivity contribution in [1.82, 2.24) is 14.7 Å². The zero-order chi connectivity index (χ0) is 19.8. The molecule has 2 aromatic rings. The third-order valence-electron chi connectivity index (χ3n) is 5.96. The molecule has 2 aliphatic rings. The van der Waals surface area contributed by atoms with E-state index in [4.69, 9.17) is 23.2 Å². The summed E-state index contributed by atoms with van der Waals surface area (Å²) < 4.78 is 1.76. The molecular weight excluding hydrogens is 395 g/mol. The number of hydrogen-bond acceptors (Lipinski definition) is 3. The van der Waals surface area contributed by atoms with Gasteiger partial charge in [0.2, 0.25) is 5.91 Å². The molecule has 0 bridgehead atoms. The van der Waals surface area contributed by atoms with E-state index in [1.165, 1.54) is 19.3 Å². The summed E-state index contributed by atoms with van der Waals surface area (Å²) in [7, 11) is 1.92. The third kappa shape index (κ3) is 3.46. The van der Waals surface area contributed by atoms with Crippen LogP contribution >= 0.6 is 23.2 Å². The molecule has 7 heteroatoms. The molecule has 0 spiro atoms. The normalized spacial score (nSPS) is 22.5. The van der Waals surface area contributed by atoms with Crippen molar-refractivity contribution in [2.75, 3.05) is 7.05 Å². The molecule has 1 aliphatic heterocycles. The molecule has 1 saturated carbocycles. The molecule has 1 fully saturated rings. The van der Waals surface area contributed by atoms with E-state index in [1.807, 2.05) is 43.1 Å². The SMILES string of the molecule is CC1=Nc2c(Cl)cnn2C(c2cccc(Cl)c2)C1C(=O)N(C)C1CCCCC1. The first kappa shape index (κ1) is 19.5. The first-order valence-corrected chi connectivity index (χ1v) is 10.5. The number of fused-ring (bicyclic) bond motifs is 1. The van der Waals surface area contributed by atoms with Crippen LogP contribution in [0, 0.1) is 5.92 Å². The number of benzene rings is 1. The van der Waals surface area contributed by atoms with Crippen LogP contribution in [0.4, 0.5) is 5.82 Å². The van der Waals surface area contributed by atoms with Crippen LogP contribution in [0.1, 0.15) is 50.6 Å². The molecule has 0 N–H and O–H groups in total. The van der Waals surface area contributed by atoms with Crippen molar-refractivity contribution in [3.63, 3.8) is 0 Å². The lowest BCUT2D eigenvalue weighted by Gasteiger charge is -2.37. The number of amides is 1. The molecule has 148 valence electrons. The number of carbonyl (C=O) groups is 1. The summed E-state index contributed by atoms with van der Waals surface area (Å²) in [6, 6.07) is 7.57. The van der Waals surface area contributed by atoms with Crippen LogP contribution in [0.3, 0.4) is 0 Å². The summed E-state index contributed by atoms with van der Waals surface area (Å²) in [6.45, 7) is 1.90. The Hall–Kier alpha value is -1.85. The molecule has 2 heterocycles. The van der Waals surface area contributed by atoms with Crippen LogP contribution in [-0.4, -0.2) is 39.4 Å². The summed E-state index contributed by atoms with van der Waals surface area (Å²) in [6.07, 6.45) is 7.32. The Morgan fingerprint density at radius 3 is 2.68 bits per heavy atom. The van der Waals surface area contributed by atoms with E-state index in [2.05, 4.69) is 10.1 Å². The fraction of sp³-hybridized carbons (Fsp3) is 0.476. The minimum absolute atomic E-state index is 0.0791. The maximum Gasteiger partial charge on any atom is 0.233 e. The molecule has 28 heavy (non-hydrogen) atoms. The zero-order valence-corrected chi connectivity index (χ0v) is 17.6. The fourth-order valence-corrected chi connectivity index (χ4v) is 4.83. The van der Waals surface area contributed by atoms with Gasteiger partial charge in [0.1, 0.15) is 10.9 Å². The lowest BCUT2D eigenvalue weighted by Crippen LogP contribution is -2.47. The Balaban J connectivity index is 1.76. The minimum Gasteiger partial charge on any atom is -0.342 e. The van der Waals surface area contributed by atoms with Crippen molar-refractivity contribution in [2.24, 2.45) is 10.9 Å². The van der Waals surface area contributed by atoms with Crippen molar-refractivity contribution >= 4 is 40.6 Å². The van der Waals surface area contributed by atoms with Gasteiger partial charge in [-0.15, -0.1) is 0 Å². The molecule has 1 aromatic heterocycles. The van der Waals surface area contributed by atoms with Crippen molar-refractivity contribution in [1.29, 1.82) is 0 Å². The second kappa shape index (κ2) is 7.88. The molecule has 1 aromatic carbocycles. The number of aromatic nitrogens is 2. The van der Waals surface area contributed by atoms with Crippen molar-refractivity contribution < 1.29 is 4.79 Å². The molecule has 2 atom stereocenters.